The Labute approximate surface area is 165 Å². The van der Waals surface area contributed by atoms with E-state index in [2.05, 4.69) is 5.32 Å². The average molecular weight is 405 g/mol. The minimum atomic E-state index is -3.61. The number of carbonyl (C=O) groups excluding carboxylic acids is 1. The van der Waals surface area contributed by atoms with Crippen molar-refractivity contribution in [2.45, 2.75) is 31.6 Å². The molecule has 0 unspecified atom stereocenters. The molecule has 7 heteroatoms. The van der Waals surface area contributed by atoms with E-state index in [1.165, 1.54) is 22.5 Å². The zero-order chi connectivity index (χ0) is 20.1. The summed E-state index contributed by atoms with van der Waals surface area (Å²) in [5.74, 6) is -1.15. The van der Waals surface area contributed by atoms with Crippen molar-refractivity contribution in [2.75, 3.05) is 13.1 Å². The van der Waals surface area contributed by atoms with E-state index < -0.39 is 15.8 Å². The summed E-state index contributed by atoms with van der Waals surface area (Å²) in [6, 6.07) is 15.5. The number of carbonyl (C=O) groups is 1. The quantitative estimate of drug-likeness (QED) is 0.804. The minimum absolute atomic E-state index is 0.0532. The van der Waals surface area contributed by atoms with Gasteiger partial charge in [-0.1, -0.05) is 48.5 Å². The van der Waals surface area contributed by atoms with Crippen LogP contribution in [0.2, 0.25) is 0 Å². The predicted octanol–water partition coefficient (Wildman–Crippen LogP) is 3.24. The molecule has 2 aromatic carbocycles. The fourth-order valence-electron chi connectivity index (χ4n) is 3.46. The van der Waals surface area contributed by atoms with Gasteiger partial charge in [0, 0.05) is 24.6 Å². The zero-order valence-corrected chi connectivity index (χ0v) is 16.7. The van der Waals surface area contributed by atoms with E-state index in [-0.39, 0.29) is 42.3 Å². The smallest absolute Gasteiger partial charge is 0.223 e. The summed E-state index contributed by atoms with van der Waals surface area (Å²) < 4.78 is 40.4. The number of benzene rings is 2. The highest BCUT2D eigenvalue weighted by Gasteiger charge is 2.32. The van der Waals surface area contributed by atoms with Gasteiger partial charge >= 0.3 is 0 Å². The molecule has 0 radical (unpaired) electrons. The average Bonchev–Trinajstić information content (AvgIpc) is 2.70. The van der Waals surface area contributed by atoms with Crippen LogP contribution in [-0.4, -0.2) is 31.7 Å². The number of nitrogens with one attached hydrogen (secondary N) is 1. The molecule has 0 spiro atoms. The second-order valence-corrected chi connectivity index (χ2v) is 9.13. The molecule has 150 valence electrons. The summed E-state index contributed by atoms with van der Waals surface area (Å²) in [5, 5.41) is 3.01. The zero-order valence-electron chi connectivity index (χ0n) is 15.8. The number of nitrogens with zero attached hydrogens (tertiary/aromatic N) is 1. The fraction of sp³-hybridized carbons (Fsp3) is 0.381. The van der Waals surface area contributed by atoms with Gasteiger partial charge in [-0.05, 0) is 31.4 Å². The molecule has 1 aliphatic rings. The Morgan fingerprint density at radius 1 is 1.11 bits per heavy atom. The van der Waals surface area contributed by atoms with Crippen molar-refractivity contribution in [1.82, 2.24) is 9.62 Å². The number of halogens is 1. The number of hydrogen-bond donors (Lipinski definition) is 1. The lowest BCUT2D eigenvalue weighted by Gasteiger charge is -2.31. The molecule has 28 heavy (non-hydrogen) atoms. The molecule has 3 rings (SSSR count). The Kier molecular flexibility index (Phi) is 6.46. The molecule has 1 atom stereocenters. The van der Waals surface area contributed by atoms with Gasteiger partial charge in [-0.25, -0.2) is 17.1 Å². The topological polar surface area (TPSA) is 66.5 Å². The highest BCUT2D eigenvalue weighted by atomic mass is 32.2. The lowest BCUT2D eigenvalue weighted by Crippen LogP contribution is -2.43. The maximum atomic E-state index is 13.8. The Bertz CT molecular complexity index is 910. The van der Waals surface area contributed by atoms with Gasteiger partial charge in [0.25, 0.3) is 0 Å². The van der Waals surface area contributed by atoms with Gasteiger partial charge in [-0.3, -0.25) is 4.79 Å². The van der Waals surface area contributed by atoms with Crippen LogP contribution in [0.3, 0.4) is 0 Å². The molecular weight excluding hydrogens is 379 g/mol. The summed E-state index contributed by atoms with van der Waals surface area (Å²) in [5.41, 5.74) is 1.19. The number of hydrogen-bond acceptors (Lipinski definition) is 3. The Balaban J connectivity index is 1.55. The molecule has 0 saturated carbocycles. The first kappa shape index (κ1) is 20.5. The van der Waals surface area contributed by atoms with E-state index in [0.29, 0.717) is 12.8 Å². The third-order valence-electron chi connectivity index (χ3n) is 5.17. The molecule has 1 amide bonds. The second-order valence-electron chi connectivity index (χ2n) is 7.16. The SMILES string of the molecule is C[C@H](NC(=O)C1CCN(S(=O)(=O)Cc2ccccc2F)CC1)c1ccccc1. The van der Waals surface area contributed by atoms with Crippen molar-refractivity contribution < 1.29 is 17.6 Å². The van der Waals surface area contributed by atoms with Crippen molar-refractivity contribution in [1.29, 1.82) is 0 Å². The maximum Gasteiger partial charge on any atom is 0.223 e. The second kappa shape index (κ2) is 8.84. The van der Waals surface area contributed by atoms with Crippen LogP contribution in [0.15, 0.2) is 54.6 Å². The van der Waals surface area contributed by atoms with Gasteiger partial charge in [0.15, 0.2) is 0 Å². The van der Waals surface area contributed by atoms with Gasteiger partial charge in [-0.2, -0.15) is 0 Å². The first-order valence-corrected chi connectivity index (χ1v) is 11.0. The first-order valence-electron chi connectivity index (χ1n) is 9.43. The third-order valence-corrected chi connectivity index (χ3v) is 7.00. The standard InChI is InChI=1S/C21H25FN2O3S/c1-16(17-7-3-2-4-8-17)23-21(25)18-11-13-24(14-12-18)28(26,27)15-19-9-5-6-10-20(19)22/h2-10,16,18H,11-15H2,1H3,(H,23,25)/t16-/m0/s1. The van der Waals surface area contributed by atoms with Gasteiger partial charge in [0.2, 0.25) is 15.9 Å². The van der Waals surface area contributed by atoms with E-state index in [9.17, 15) is 17.6 Å². The van der Waals surface area contributed by atoms with Crippen LogP contribution >= 0.6 is 0 Å². The lowest BCUT2D eigenvalue weighted by molar-refractivity contribution is -0.126. The van der Waals surface area contributed by atoms with Gasteiger partial charge in [0.05, 0.1) is 11.8 Å². The number of rotatable bonds is 6. The summed E-state index contributed by atoms with van der Waals surface area (Å²) in [4.78, 5) is 12.5. The van der Waals surface area contributed by atoms with E-state index in [1.54, 1.807) is 6.07 Å². The van der Waals surface area contributed by atoms with Crippen molar-refractivity contribution in [2.24, 2.45) is 5.92 Å². The molecule has 0 aliphatic carbocycles. The molecule has 0 aromatic heterocycles. The number of sulfonamides is 1. The van der Waals surface area contributed by atoms with Crippen LogP contribution in [0.1, 0.15) is 36.9 Å². The molecule has 1 N–H and O–H groups in total. The van der Waals surface area contributed by atoms with Crippen LogP contribution in [0.25, 0.3) is 0 Å². The Hall–Kier alpha value is -2.25. The molecule has 0 bridgehead atoms. The molecule has 1 aliphatic heterocycles. The van der Waals surface area contributed by atoms with Gasteiger partial charge in [0.1, 0.15) is 5.82 Å². The Morgan fingerprint density at radius 3 is 2.36 bits per heavy atom. The van der Waals surface area contributed by atoms with Crippen LogP contribution < -0.4 is 5.32 Å². The monoisotopic (exact) mass is 404 g/mol. The maximum absolute atomic E-state index is 13.8. The highest BCUT2D eigenvalue weighted by Crippen LogP contribution is 2.23. The molecular formula is C21H25FN2O3S. The third kappa shape index (κ3) is 4.97. The van der Waals surface area contributed by atoms with Crippen LogP contribution in [0.5, 0.6) is 0 Å². The fourth-order valence-corrected chi connectivity index (χ4v) is 5.03. The Morgan fingerprint density at radius 2 is 1.71 bits per heavy atom. The molecule has 5 nitrogen and oxygen atoms in total. The van der Waals surface area contributed by atoms with Crippen molar-refractivity contribution in [3.63, 3.8) is 0 Å². The van der Waals surface area contributed by atoms with E-state index >= 15 is 0 Å². The normalized spacial score (nSPS) is 17.2. The summed E-state index contributed by atoms with van der Waals surface area (Å²) in [6.45, 7) is 2.48. The van der Waals surface area contributed by atoms with Gasteiger partial charge < -0.3 is 5.32 Å². The summed E-state index contributed by atoms with van der Waals surface area (Å²) in [7, 11) is -3.61. The molecule has 1 heterocycles. The first-order chi connectivity index (χ1) is 13.4. The molecule has 2 aromatic rings. The van der Waals surface area contributed by atoms with Crippen molar-refractivity contribution in [3.8, 4) is 0 Å². The molecule has 1 fully saturated rings. The van der Waals surface area contributed by atoms with E-state index in [0.717, 1.165) is 5.56 Å². The van der Waals surface area contributed by atoms with Crippen LogP contribution in [-0.2, 0) is 20.6 Å². The van der Waals surface area contributed by atoms with Crippen molar-refractivity contribution in [3.05, 3.63) is 71.5 Å². The van der Waals surface area contributed by atoms with Crippen LogP contribution in [0, 0.1) is 11.7 Å². The summed E-state index contributed by atoms with van der Waals surface area (Å²) >= 11 is 0. The van der Waals surface area contributed by atoms with Gasteiger partial charge in [-0.15, -0.1) is 0 Å². The van der Waals surface area contributed by atoms with E-state index in [4.69, 9.17) is 0 Å². The van der Waals surface area contributed by atoms with Crippen molar-refractivity contribution >= 4 is 15.9 Å². The molecule has 1 saturated heterocycles. The van der Waals surface area contributed by atoms with E-state index in [1.807, 2.05) is 37.3 Å². The number of piperidine rings is 1. The predicted molar refractivity (Wildman–Crippen MR) is 106 cm³/mol. The number of amides is 1. The largest absolute Gasteiger partial charge is 0.349 e. The minimum Gasteiger partial charge on any atom is -0.349 e. The lowest BCUT2D eigenvalue weighted by atomic mass is 9.96. The highest BCUT2D eigenvalue weighted by molar-refractivity contribution is 7.88. The van der Waals surface area contributed by atoms with Crippen LogP contribution in [0.4, 0.5) is 4.39 Å². The summed E-state index contributed by atoms with van der Waals surface area (Å²) in [6.07, 6.45) is 0.924.